The summed E-state index contributed by atoms with van der Waals surface area (Å²) in [6.45, 7) is 4.53. The predicted molar refractivity (Wildman–Crippen MR) is 89.3 cm³/mol. The summed E-state index contributed by atoms with van der Waals surface area (Å²) < 4.78 is 11.9. The molecule has 126 valence electrons. The molecule has 1 aliphatic rings. The van der Waals surface area contributed by atoms with E-state index >= 15 is 0 Å². The molecule has 2 rings (SSSR count). The summed E-state index contributed by atoms with van der Waals surface area (Å²) in [5.74, 6) is -1.09. The van der Waals surface area contributed by atoms with Gasteiger partial charge in [0.25, 0.3) is 0 Å². The number of unbranched alkanes of at least 4 members (excludes halogenated alkanes) is 1. The van der Waals surface area contributed by atoms with Crippen LogP contribution in [0.1, 0.15) is 51.0 Å². The third-order valence-corrected chi connectivity index (χ3v) is 4.02. The Morgan fingerprint density at radius 2 is 2.04 bits per heavy atom. The van der Waals surface area contributed by atoms with Crippen molar-refractivity contribution in [2.24, 2.45) is 0 Å². The Morgan fingerprint density at radius 1 is 1.30 bits per heavy atom. The second-order valence-corrected chi connectivity index (χ2v) is 6.38. The van der Waals surface area contributed by atoms with Gasteiger partial charge in [-0.05, 0) is 38.7 Å². The zero-order chi connectivity index (χ0) is 16.7. The number of rotatable bonds is 7. The smallest absolute Gasteiger partial charge is 0.303 e. The first-order valence-corrected chi connectivity index (χ1v) is 8.21. The molecule has 2 atom stereocenters. The van der Waals surface area contributed by atoms with Crippen LogP contribution in [0.4, 0.5) is 0 Å². The number of allylic oxidation sites excluding steroid dienone is 1. The van der Waals surface area contributed by atoms with Crippen molar-refractivity contribution in [3.05, 3.63) is 48.0 Å². The van der Waals surface area contributed by atoms with Gasteiger partial charge in [0, 0.05) is 12.3 Å². The minimum absolute atomic E-state index is 0.0665. The van der Waals surface area contributed by atoms with Crippen LogP contribution in [0, 0.1) is 0 Å². The number of carboxylic acids is 1. The standard InChI is InChI=1S/C19H26O4/c1-19(2)22-14-16(15-10-6-5-7-11-15)17(23-19)12-8-3-4-9-13-18(20)21/h3,5-8,10-11,16-17H,4,9,12-14H2,1-2H3,(H,20,21)/t16-,17-/m1/s1. The van der Waals surface area contributed by atoms with Gasteiger partial charge in [0.1, 0.15) is 0 Å². The first kappa shape index (κ1) is 17.7. The predicted octanol–water partition coefficient (Wildman–Crippen LogP) is 4.12. The summed E-state index contributed by atoms with van der Waals surface area (Å²) in [4.78, 5) is 10.5. The van der Waals surface area contributed by atoms with E-state index in [1.807, 2.05) is 32.0 Å². The third kappa shape index (κ3) is 5.81. The summed E-state index contributed by atoms with van der Waals surface area (Å²) in [5, 5.41) is 8.63. The molecule has 0 spiro atoms. The van der Waals surface area contributed by atoms with Gasteiger partial charge in [0.15, 0.2) is 5.79 Å². The molecule has 0 bridgehead atoms. The Bertz CT molecular complexity index is 521. The average Bonchev–Trinajstić information content (AvgIpc) is 2.50. The molecule has 0 saturated carbocycles. The summed E-state index contributed by atoms with van der Waals surface area (Å²) >= 11 is 0. The van der Waals surface area contributed by atoms with Gasteiger partial charge in [-0.1, -0.05) is 42.5 Å². The molecule has 0 amide bonds. The largest absolute Gasteiger partial charge is 0.481 e. The first-order chi connectivity index (χ1) is 11.0. The first-order valence-electron chi connectivity index (χ1n) is 8.21. The lowest BCUT2D eigenvalue weighted by Crippen LogP contribution is -2.44. The maximum absolute atomic E-state index is 10.5. The Balaban J connectivity index is 1.93. The van der Waals surface area contributed by atoms with E-state index in [1.165, 1.54) is 5.56 Å². The van der Waals surface area contributed by atoms with Crippen LogP contribution >= 0.6 is 0 Å². The molecule has 1 aliphatic heterocycles. The van der Waals surface area contributed by atoms with Crippen LogP contribution in [0.2, 0.25) is 0 Å². The second kappa shape index (κ2) is 8.27. The number of aliphatic carboxylic acids is 1. The van der Waals surface area contributed by atoms with Gasteiger partial charge in [-0.2, -0.15) is 0 Å². The number of carboxylic acid groups (broad SMARTS) is 1. The molecule has 4 heteroatoms. The Kier molecular flexibility index (Phi) is 6.37. The number of hydrogen-bond acceptors (Lipinski definition) is 3. The van der Waals surface area contributed by atoms with Gasteiger partial charge in [-0.15, -0.1) is 0 Å². The number of hydrogen-bond donors (Lipinski definition) is 1. The van der Waals surface area contributed by atoms with Crippen molar-refractivity contribution in [1.82, 2.24) is 0 Å². The Labute approximate surface area is 138 Å². The summed E-state index contributed by atoms with van der Waals surface area (Å²) in [6.07, 6.45) is 6.71. The van der Waals surface area contributed by atoms with Crippen molar-refractivity contribution in [2.75, 3.05) is 6.61 Å². The highest BCUT2D eigenvalue weighted by atomic mass is 16.7. The fraction of sp³-hybridized carbons (Fsp3) is 0.526. The third-order valence-electron chi connectivity index (χ3n) is 4.02. The molecule has 0 unspecified atom stereocenters. The highest BCUT2D eigenvalue weighted by Gasteiger charge is 2.36. The van der Waals surface area contributed by atoms with E-state index in [2.05, 4.69) is 24.3 Å². The van der Waals surface area contributed by atoms with Crippen molar-refractivity contribution >= 4 is 5.97 Å². The molecule has 1 fully saturated rings. The maximum Gasteiger partial charge on any atom is 0.303 e. The lowest BCUT2D eigenvalue weighted by Gasteiger charge is -2.41. The van der Waals surface area contributed by atoms with Crippen LogP contribution in [0.15, 0.2) is 42.5 Å². The fourth-order valence-corrected chi connectivity index (χ4v) is 2.82. The molecule has 0 radical (unpaired) electrons. The van der Waals surface area contributed by atoms with Crippen LogP contribution < -0.4 is 0 Å². The summed E-state index contributed by atoms with van der Waals surface area (Å²) in [7, 11) is 0. The van der Waals surface area contributed by atoms with Crippen LogP contribution in [-0.2, 0) is 14.3 Å². The second-order valence-electron chi connectivity index (χ2n) is 6.38. The highest BCUT2D eigenvalue weighted by Crippen LogP contribution is 2.34. The minimum Gasteiger partial charge on any atom is -0.481 e. The minimum atomic E-state index is -0.739. The number of carbonyl (C=O) groups is 1. The van der Waals surface area contributed by atoms with Gasteiger partial charge < -0.3 is 14.6 Å². The van der Waals surface area contributed by atoms with Crippen LogP contribution in [0.5, 0.6) is 0 Å². The molecule has 1 aromatic carbocycles. The van der Waals surface area contributed by atoms with Crippen molar-refractivity contribution in [2.45, 2.75) is 57.3 Å². The molecule has 1 N–H and O–H groups in total. The van der Waals surface area contributed by atoms with E-state index in [4.69, 9.17) is 14.6 Å². The summed E-state index contributed by atoms with van der Waals surface area (Å²) in [5.41, 5.74) is 1.23. The van der Waals surface area contributed by atoms with E-state index in [9.17, 15) is 4.79 Å². The maximum atomic E-state index is 10.5. The van der Waals surface area contributed by atoms with Gasteiger partial charge in [0.05, 0.1) is 12.7 Å². The number of benzene rings is 1. The Hall–Kier alpha value is -1.65. The van der Waals surface area contributed by atoms with E-state index in [0.29, 0.717) is 13.0 Å². The van der Waals surface area contributed by atoms with E-state index in [1.54, 1.807) is 0 Å². The van der Waals surface area contributed by atoms with Gasteiger partial charge in [-0.3, -0.25) is 4.79 Å². The normalized spacial score (nSPS) is 23.9. The molecular weight excluding hydrogens is 292 g/mol. The topological polar surface area (TPSA) is 55.8 Å². The summed E-state index contributed by atoms with van der Waals surface area (Å²) in [6, 6.07) is 10.3. The lowest BCUT2D eigenvalue weighted by molar-refractivity contribution is -0.280. The molecule has 1 aromatic rings. The van der Waals surface area contributed by atoms with E-state index < -0.39 is 11.8 Å². The van der Waals surface area contributed by atoms with Crippen LogP contribution in [0.3, 0.4) is 0 Å². The van der Waals surface area contributed by atoms with Crippen molar-refractivity contribution < 1.29 is 19.4 Å². The van der Waals surface area contributed by atoms with E-state index in [-0.39, 0.29) is 18.4 Å². The molecule has 0 aromatic heterocycles. The zero-order valence-electron chi connectivity index (χ0n) is 13.9. The monoisotopic (exact) mass is 318 g/mol. The number of ether oxygens (including phenoxy) is 2. The quantitative estimate of drug-likeness (QED) is 0.607. The van der Waals surface area contributed by atoms with Crippen molar-refractivity contribution in [3.8, 4) is 0 Å². The Morgan fingerprint density at radius 3 is 2.74 bits per heavy atom. The van der Waals surface area contributed by atoms with Crippen molar-refractivity contribution in [1.29, 1.82) is 0 Å². The van der Waals surface area contributed by atoms with Crippen LogP contribution in [0.25, 0.3) is 0 Å². The van der Waals surface area contributed by atoms with E-state index in [0.717, 1.165) is 12.8 Å². The zero-order valence-corrected chi connectivity index (χ0v) is 13.9. The average molecular weight is 318 g/mol. The van der Waals surface area contributed by atoms with Crippen LogP contribution in [-0.4, -0.2) is 29.6 Å². The molecule has 1 heterocycles. The fourth-order valence-electron chi connectivity index (χ4n) is 2.82. The molecule has 0 aliphatic carbocycles. The van der Waals surface area contributed by atoms with Crippen molar-refractivity contribution in [3.63, 3.8) is 0 Å². The molecule has 4 nitrogen and oxygen atoms in total. The van der Waals surface area contributed by atoms with Gasteiger partial charge >= 0.3 is 5.97 Å². The molecular formula is C19H26O4. The molecule has 1 saturated heterocycles. The highest BCUT2D eigenvalue weighted by molar-refractivity contribution is 5.66. The lowest BCUT2D eigenvalue weighted by atomic mass is 9.90. The van der Waals surface area contributed by atoms with Gasteiger partial charge in [-0.25, -0.2) is 0 Å². The SMILES string of the molecule is CC1(C)OC[C@H](c2ccccc2)[C@@H](CC=CCCCC(=O)O)O1. The molecule has 23 heavy (non-hydrogen) atoms. The van der Waals surface area contributed by atoms with Gasteiger partial charge in [0.2, 0.25) is 0 Å².